The van der Waals surface area contributed by atoms with Crippen LogP contribution in [-0.4, -0.2) is 16.7 Å². The summed E-state index contributed by atoms with van der Waals surface area (Å²) in [6.07, 6.45) is 4.40. The van der Waals surface area contributed by atoms with Crippen molar-refractivity contribution >= 4 is 5.97 Å². The van der Waals surface area contributed by atoms with E-state index in [9.17, 15) is 9.90 Å². The number of carboxylic acids is 1. The third-order valence-corrected chi connectivity index (χ3v) is 3.19. The number of fused-ring (bicyclic) bond motifs is 1. The van der Waals surface area contributed by atoms with Gasteiger partial charge in [-0.3, -0.25) is 0 Å². The topological polar surface area (TPSA) is 46.5 Å². The number of aromatic carboxylic acids is 1. The van der Waals surface area contributed by atoms with Gasteiger partial charge in [0.25, 0.3) is 0 Å². The van der Waals surface area contributed by atoms with E-state index in [0.717, 1.165) is 24.8 Å². The van der Waals surface area contributed by atoms with Crippen LogP contribution in [0.4, 0.5) is 0 Å². The number of rotatable bonds is 4. The SMILES string of the molecule is C=CCCc1ccc(C(=O)O)c2c1CC(C)(C)O2. The Morgan fingerprint density at radius 2 is 2.28 bits per heavy atom. The van der Waals surface area contributed by atoms with Crippen LogP contribution in [-0.2, 0) is 12.8 Å². The lowest BCUT2D eigenvalue weighted by Gasteiger charge is -2.17. The average molecular weight is 246 g/mol. The molecular formula is C15H18O3. The molecule has 0 spiro atoms. The van der Waals surface area contributed by atoms with Gasteiger partial charge < -0.3 is 9.84 Å². The standard InChI is InChI=1S/C15H18O3/c1-4-5-6-10-7-8-11(14(16)17)13-12(10)9-15(2,3)18-13/h4,7-8H,1,5-6,9H2,2-3H3,(H,16,17). The number of allylic oxidation sites excluding steroid dienone is 1. The zero-order valence-corrected chi connectivity index (χ0v) is 10.8. The molecule has 1 aliphatic heterocycles. The molecule has 0 unspecified atom stereocenters. The van der Waals surface area contributed by atoms with Gasteiger partial charge >= 0.3 is 5.97 Å². The number of aryl methyl sites for hydroxylation is 1. The Balaban J connectivity index is 2.47. The van der Waals surface area contributed by atoms with Crippen LogP contribution in [0.25, 0.3) is 0 Å². The molecule has 2 rings (SSSR count). The summed E-state index contributed by atoms with van der Waals surface area (Å²) >= 11 is 0. The molecule has 0 fully saturated rings. The minimum Gasteiger partial charge on any atom is -0.486 e. The van der Waals surface area contributed by atoms with Gasteiger partial charge in [-0.2, -0.15) is 0 Å². The number of ether oxygens (including phenoxy) is 1. The lowest BCUT2D eigenvalue weighted by atomic mass is 9.93. The molecule has 18 heavy (non-hydrogen) atoms. The van der Waals surface area contributed by atoms with E-state index in [4.69, 9.17) is 4.74 Å². The Hall–Kier alpha value is -1.77. The van der Waals surface area contributed by atoms with Gasteiger partial charge in [-0.25, -0.2) is 4.79 Å². The van der Waals surface area contributed by atoms with Gasteiger partial charge in [-0.05, 0) is 38.3 Å². The fourth-order valence-electron chi connectivity index (χ4n) is 2.38. The molecule has 0 bridgehead atoms. The van der Waals surface area contributed by atoms with Gasteiger partial charge in [0.1, 0.15) is 16.9 Å². The maximum atomic E-state index is 11.2. The van der Waals surface area contributed by atoms with Crippen molar-refractivity contribution in [3.63, 3.8) is 0 Å². The number of hydrogen-bond acceptors (Lipinski definition) is 2. The summed E-state index contributed by atoms with van der Waals surface area (Å²) in [7, 11) is 0. The van der Waals surface area contributed by atoms with E-state index in [1.807, 2.05) is 26.0 Å². The van der Waals surface area contributed by atoms with Gasteiger partial charge in [0.05, 0.1) is 0 Å². The quantitative estimate of drug-likeness (QED) is 0.830. The number of benzene rings is 1. The Bertz CT molecular complexity index is 501. The zero-order chi connectivity index (χ0) is 13.3. The van der Waals surface area contributed by atoms with Crippen molar-refractivity contribution in [2.24, 2.45) is 0 Å². The monoisotopic (exact) mass is 246 g/mol. The maximum absolute atomic E-state index is 11.2. The summed E-state index contributed by atoms with van der Waals surface area (Å²) in [6, 6.07) is 3.54. The molecular weight excluding hydrogens is 228 g/mol. The lowest BCUT2D eigenvalue weighted by molar-refractivity contribution is 0.0685. The fraction of sp³-hybridized carbons (Fsp3) is 0.400. The number of carbonyl (C=O) groups is 1. The van der Waals surface area contributed by atoms with Crippen LogP contribution in [0.2, 0.25) is 0 Å². The van der Waals surface area contributed by atoms with Gasteiger partial charge in [-0.1, -0.05) is 12.1 Å². The normalized spacial score (nSPS) is 15.9. The van der Waals surface area contributed by atoms with Crippen molar-refractivity contribution in [3.8, 4) is 5.75 Å². The van der Waals surface area contributed by atoms with E-state index in [0.29, 0.717) is 5.75 Å². The van der Waals surface area contributed by atoms with Gasteiger partial charge in [0.2, 0.25) is 0 Å². The molecule has 0 atom stereocenters. The zero-order valence-electron chi connectivity index (χ0n) is 10.8. The molecule has 1 aromatic rings. The van der Waals surface area contributed by atoms with Crippen LogP contribution < -0.4 is 4.74 Å². The first-order valence-electron chi connectivity index (χ1n) is 6.12. The highest BCUT2D eigenvalue weighted by Crippen LogP contribution is 2.40. The van der Waals surface area contributed by atoms with E-state index in [1.165, 1.54) is 5.56 Å². The van der Waals surface area contributed by atoms with Crippen molar-refractivity contribution in [1.82, 2.24) is 0 Å². The van der Waals surface area contributed by atoms with E-state index in [1.54, 1.807) is 6.07 Å². The second-order valence-electron chi connectivity index (χ2n) is 5.25. The molecule has 1 aromatic carbocycles. The molecule has 96 valence electrons. The summed E-state index contributed by atoms with van der Waals surface area (Å²) in [5, 5.41) is 9.19. The molecule has 0 aliphatic carbocycles. The lowest BCUT2D eigenvalue weighted by Crippen LogP contribution is -2.25. The Morgan fingerprint density at radius 1 is 1.56 bits per heavy atom. The highest BCUT2D eigenvalue weighted by molar-refractivity contribution is 5.92. The fourth-order valence-corrected chi connectivity index (χ4v) is 2.38. The van der Waals surface area contributed by atoms with Crippen LogP contribution >= 0.6 is 0 Å². The van der Waals surface area contributed by atoms with Crippen LogP contribution in [0.15, 0.2) is 24.8 Å². The smallest absolute Gasteiger partial charge is 0.339 e. The van der Waals surface area contributed by atoms with Crippen molar-refractivity contribution in [1.29, 1.82) is 0 Å². The first-order valence-corrected chi connectivity index (χ1v) is 6.12. The summed E-state index contributed by atoms with van der Waals surface area (Å²) in [5.41, 5.74) is 2.15. The van der Waals surface area contributed by atoms with E-state index in [2.05, 4.69) is 6.58 Å². The molecule has 1 N–H and O–H groups in total. The molecule has 3 heteroatoms. The molecule has 0 saturated carbocycles. The van der Waals surface area contributed by atoms with Crippen LogP contribution in [0.3, 0.4) is 0 Å². The highest BCUT2D eigenvalue weighted by Gasteiger charge is 2.34. The second kappa shape index (κ2) is 4.48. The summed E-state index contributed by atoms with van der Waals surface area (Å²) in [6.45, 7) is 7.68. The highest BCUT2D eigenvalue weighted by atomic mass is 16.5. The second-order valence-corrected chi connectivity index (χ2v) is 5.25. The molecule has 0 saturated heterocycles. The number of hydrogen-bond donors (Lipinski definition) is 1. The van der Waals surface area contributed by atoms with Crippen LogP contribution in [0, 0.1) is 0 Å². The molecule has 3 nitrogen and oxygen atoms in total. The summed E-state index contributed by atoms with van der Waals surface area (Å²) in [5.74, 6) is -0.381. The summed E-state index contributed by atoms with van der Waals surface area (Å²) in [4.78, 5) is 11.2. The molecule has 1 heterocycles. The molecule has 0 amide bonds. The van der Waals surface area contributed by atoms with Crippen LogP contribution in [0.5, 0.6) is 5.75 Å². The minimum atomic E-state index is -0.931. The average Bonchev–Trinajstić information content (AvgIpc) is 2.60. The van der Waals surface area contributed by atoms with E-state index >= 15 is 0 Å². The largest absolute Gasteiger partial charge is 0.486 e. The molecule has 0 radical (unpaired) electrons. The van der Waals surface area contributed by atoms with Crippen molar-refractivity contribution < 1.29 is 14.6 Å². The van der Waals surface area contributed by atoms with Crippen molar-refractivity contribution in [2.45, 2.75) is 38.7 Å². The van der Waals surface area contributed by atoms with E-state index in [-0.39, 0.29) is 11.2 Å². The first-order chi connectivity index (χ1) is 8.44. The van der Waals surface area contributed by atoms with Crippen molar-refractivity contribution in [2.75, 3.05) is 0 Å². The Kier molecular flexibility index (Phi) is 3.16. The van der Waals surface area contributed by atoms with E-state index < -0.39 is 5.97 Å². The predicted octanol–water partition coefficient (Wildman–Crippen LogP) is 3.22. The third kappa shape index (κ3) is 2.26. The summed E-state index contributed by atoms with van der Waals surface area (Å²) < 4.78 is 5.80. The minimum absolute atomic E-state index is 0.262. The van der Waals surface area contributed by atoms with Gasteiger partial charge in [0, 0.05) is 12.0 Å². The van der Waals surface area contributed by atoms with Crippen molar-refractivity contribution in [3.05, 3.63) is 41.5 Å². The third-order valence-electron chi connectivity index (χ3n) is 3.19. The van der Waals surface area contributed by atoms with Crippen LogP contribution in [0.1, 0.15) is 41.8 Å². The van der Waals surface area contributed by atoms with Gasteiger partial charge in [0.15, 0.2) is 0 Å². The maximum Gasteiger partial charge on any atom is 0.339 e. The van der Waals surface area contributed by atoms with Gasteiger partial charge in [-0.15, -0.1) is 6.58 Å². The molecule has 0 aromatic heterocycles. The number of carboxylic acid groups (broad SMARTS) is 1. The Labute approximate surface area is 107 Å². The predicted molar refractivity (Wildman–Crippen MR) is 70.3 cm³/mol. The molecule has 1 aliphatic rings. The Morgan fingerprint density at radius 3 is 2.89 bits per heavy atom. The first kappa shape index (κ1) is 12.7.